The van der Waals surface area contributed by atoms with E-state index in [4.69, 9.17) is 14.6 Å². The van der Waals surface area contributed by atoms with Gasteiger partial charge in [0.25, 0.3) is 0 Å². The summed E-state index contributed by atoms with van der Waals surface area (Å²) >= 11 is 1.95. The summed E-state index contributed by atoms with van der Waals surface area (Å²) in [4.78, 5) is 10.8. The molecule has 1 heterocycles. The summed E-state index contributed by atoms with van der Waals surface area (Å²) in [7, 11) is 1.61. The highest BCUT2D eigenvalue weighted by molar-refractivity contribution is 7.99. The van der Waals surface area contributed by atoms with Gasteiger partial charge in [-0.15, -0.1) is 0 Å². The van der Waals surface area contributed by atoms with Gasteiger partial charge in [0.15, 0.2) is 11.5 Å². The number of carbonyl (C=O) groups is 1. The van der Waals surface area contributed by atoms with Crippen LogP contribution in [0.3, 0.4) is 0 Å². The second-order valence-electron chi connectivity index (χ2n) is 4.77. The molecule has 1 aliphatic rings. The van der Waals surface area contributed by atoms with Crippen LogP contribution in [0.25, 0.3) is 0 Å². The summed E-state index contributed by atoms with van der Waals surface area (Å²) < 4.78 is 11.5. The Balaban J connectivity index is 2.15. The molecule has 0 atom stereocenters. The average Bonchev–Trinajstić information content (AvgIpc) is 2.47. The average molecular weight is 296 g/mol. The maximum Gasteiger partial charge on any atom is 0.303 e. The van der Waals surface area contributed by atoms with Gasteiger partial charge in [-0.05, 0) is 42.4 Å². The monoisotopic (exact) mass is 296 g/mol. The second kappa shape index (κ2) is 7.43. The van der Waals surface area contributed by atoms with Crippen LogP contribution in [0.4, 0.5) is 0 Å². The maximum atomic E-state index is 10.8. The van der Waals surface area contributed by atoms with Crippen molar-refractivity contribution in [2.45, 2.75) is 31.8 Å². The Morgan fingerprint density at radius 1 is 1.40 bits per heavy atom. The fourth-order valence-corrected chi connectivity index (χ4v) is 3.32. The van der Waals surface area contributed by atoms with Gasteiger partial charge in [0, 0.05) is 6.42 Å². The van der Waals surface area contributed by atoms with Crippen molar-refractivity contribution in [1.29, 1.82) is 0 Å². The van der Waals surface area contributed by atoms with Crippen molar-refractivity contribution in [2.24, 2.45) is 0 Å². The lowest BCUT2D eigenvalue weighted by atomic mass is 10.1. The van der Waals surface area contributed by atoms with E-state index in [-0.39, 0.29) is 12.5 Å². The summed E-state index contributed by atoms with van der Waals surface area (Å²) in [5.41, 5.74) is 0.907. The molecule has 0 radical (unpaired) electrons. The van der Waals surface area contributed by atoms with E-state index in [1.165, 1.54) is 0 Å². The summed E-state index contributed by atoms with van der Waals surface area (Å²) in [6.07, 6.45) is 2.83. The van der Waals surface area contributed by atoms with E-state index in [2.05, 4.69) is 0 Å². The van der Waals surface area contributed by atoms with E-state index in [1.807, 2.05) is 30.0 Å². The molecule has 0 aromatic heterocycles. The van der Waals surface area contributed by atoms with Crippen molar-refractivity contribution in [3.63, 3.8) is 0 Å². The van der Waals surface area contributed by atoms with Crippen molar-refractivity contribution < 1.29 is 19.4 Å². The molecule has 0 saturated carbocycles. The van der Waals surface area contributed by atoms with E-state index in [1.54, 1.807) is 7.11 Å². The Hall–Kier alpha value is -1.36. The molecule has 1 aromatic carbocycles. The van der Waals surface area contributed by atoms with Crippen LogP contribution < -0.4 is 9.47 Å². The number of ether oxygens (including phenoxy) is 2. The van der Waals surface area contributed by atoms with Crippen molar-refractivity contribution >= 4 is 17.7 Å². The van der Waals surface area contributed by atoms with Gasteiger partial charge < -0.3 is 14.6 Å². The zero-order valence-corrected chi connectivity index (χ0v) is 12.4. The first-order valence-electron chi connectivity index (χ1n) is 6.82. The number of para-hydroxylation sites is 1. The predicted octanol–water partition coefficient (Wildman–Crippen LogP) is 2.99. The van der Waals surface area contributed by atoms with Crippen LogP contribution in [0.5, 0.6) is 11.5 Å². The first kappa shape index (κ1) is 15.0. The van der Waals surface area contributed by atoms with Gasteiger partial charge in [-0.2, -0.15) is 11.8 Å². The highest BCUT2D eigenvalue weighted by atomic mass is 32.2. The molecule has 1 fully saturated rings. The summed E-state index contributed by atoms with van der Waals surface area (Å²) in [6, 6.07) is 5.65. The van der Waals surface area contributed by atoms with Crippen LogP contribution in [0.1, 0.15) is 24.8 Å². The third kappa shape index (κ3) is 4.07. The molecule has 0 spiro atoms. The van der Waals surface area contributed by atoms with E-state index in [9.17, 15) is 4.79 Å². The molecule has 1 aliphatic heterocycles. The Kier molecular flexibility index (Phi) is 5.59. The van der Waals surface area contributed by atoms with Crippen molar-refractivity contribution in [3.05, 3.63) is 23.8 Å². The molecule has 0 bridgehead atoms. The molecule has 0 amide bonds. The molecule has 1 N–H and O–H groups in total. The topological polar surface area (TPSA) is 55.8 Å². The van der Waals surface area contributed by atoms with E-state index in [0.29, 0.717) is 17.9 Å². The molecular formula is C15H20O4S. The first-order chi connectivity index (χ1) is 9.70. The van der Waals surface area contributed by atoms with Gasteiger partial charge in [-0.3, -0.25) is 4.79 Å². The van der Waals surface area contributed by atoms with E-state index in [0.717, 1.165) is 29.9 Å². The van der Waals surface area contributed by atoms with Gasteiger partial charge in [0.1, 0.15) is 6.10 Å². The number of hydrogen-bond acceptors (Lipinski definition) is 4. The quantitative estimate of drug-likeness (QED) is 0.874. The lowest BCUT2D eigenvalue weighted by molar-refractivity contribution is -0.136. The van der Waals surface area contributed by atoms with Crippen LogP contribution in [0.2, 0.25) is 0 Å². The summed E-state index contributed by atoms with van der Waals surface area (Å²) in [5, 5.41) is 8.84. The predicted molar refractivity (Wildman–Crippen MR) is 79.9 cm³/mol. The Labute approximate surface area is 123 Å². The van der Waals surface area contributed by atoms with Crippen LogP contribution in [0, 0.1) is 0 Å². The molecule has 0 unspecified atom stereocenters. The fourth-order valence-electron chi connectivity index (χ4n) is 2.25. The fraction of sp³-hybridized carbons (Fsp3) is 0.533. The van der Waals surface area contributed by atoms with Crippen LogP contribution >= 0.6 is 11.8 Å². The minimum atomic E-state index is -0.798. The van der Waals surface area contributed by atoms with Gasteiger partial charge in [-0.25, -0.2) is 0 Å². The second-order valence-corrected chi connectivity index (χ2v) is 6.00. The number of rotatable bonds is 6. The standard InChI is InChI=1S/C15H20O4S/c1-18-13-4-2-3-11(5-6-14(16)17)15(13)19-12-7-9-20-10-8-12/h2-4,12H,5-10H2,1H3,(H,16,17). The third-order valence-corrected chi connectivity index (χ3v) is 4.39. The van der Waals surface area contributed by atoms with Crippen molar-refractivity contribution in [1.82, 2.24) is 0 Å². The lowest BCUT2D eigenvalue weighted by Crippen LogP contribution is -2.23. The normalized spacial score (nSPS) is 15.8. The zero-order valence-electron chi connectivity index (χ0n) is 11.6. The van der Waals surface area contributed by atoms with Gasteiger partial charge in [0.2, 0.25) is 0 Å². The molecule has 5 heteroatoms. The number of hydrogen-bond donors (Lipinski definition) is 1. The van der Waals surface area contributed by atoms with Gasteiger partial charge in [0.05, 0.1) is 7.11 Å². The molecule has 0 aliphatic carbocycles. The van der Waals surface area contributed by atoms with Crippen LogP contribution in [0.15, 0.2) is 18.2 Å². The first-order valence-corrected chi connectivity index (χ1v) is 7.98. The number of methoxy groups -OCH3 is 1. The highest BCUT2D eigenvalue weighted by Gasteiger charge is 2.19. The van der Waals surface area contributed by atoms with Crippen molar-refractivity contribution in [2.75, 3.05) is 18.6 Å². The minimum Gasteiger partial charge on any atom is -0.493 e. The smallest absolute Gasteiger partial charge is 0.303 e. The number of carboxylic acid groups (broad SMARTS) is 1. The van der Waals surface area contributed by atoms with Gasteiger partial charge >= 0.3 is 5.97 Å². The largest absolute Gasteiger partial charge is 0.493 e. The molecule has 1 aromatic rings. The zero-order chi connectivity index (χ0) is 14.4. The Bertz CT molecular complexity index is 455. The number of aryl methyl sites for hydroxylation is 1. The molecule has 20 heavy (non-hydrogen) atoms. The molecule has 110 valence electrons. The van der Waals surface area contributed by atoms with Gasteiger partial charge in [-0.1, -0.05) is 12.1 Å². The maximum absolute atomic E-state index is 10.8. The molecule has 4 nitrogen and oxygen atoms in total. The molecule has 1 saturated heterocycles. The number of aliphatic carboxylic acids is 1. The SMILES string of the molecule is COc1cccc(CCC(=O)O)c1OC1CCSCC1. The minimum absolute atomic E-state index is 0.101. The van der Waals surface area contributed by atoms with Crippen LogP contribution in [-0.2, 0) is 11.2 Å². The highest BCUT2D eigenvalue weighted by Crippen LogP contribution is 2.34. The number of benzene rings is 1. The Morgan fingerprint density at radius 3 is 2.80 bits per heavy atom. The van der Waals surface area contributed by atoms with E-state index >= 15 is 0 Å². The third-order valence-electron chi connectivity index (χ3n) is 3.34. The van der Waals surface area contributed by atoms with E-state index < -0.39 is 5.97 Å². The molecular weight excluding hydrogens is 276 g/mol. The summed E-state index contributed by atoms with van der Waals surface area (Å²) in [6.45, 7) is 0. The van der Waals surface area contributed by atoms with Crippen LogP contribution in [-0.4, -0.2) is 35.8 Å². The van der Waals surface area contributed by atoms with Crippen molar-refractivity contribution in [3.8, 4) is 11.5 Å². The number of carboxylic acids is 1. The Morgan fingerprint density at radius 2 is 2.15 bits per heavy atom. The summed E-state index contributed by atoms with van der Waals surface area (Å²) in [5.74, 6) is 2.83. The lowest BCUT2D eigenvalue weighted by Gasteiger charge is -2.25. The number of thioether (sulfide) groups is 1. The molecule has 2 rings (SSSR count).